The maximum atomic E-state index is 12.9. The smallest absolute Gasteiger partial charge is 0.316 e. The van der Waals surface area contributed by atoms with E-state index in [2.05, 4.69) is 10.3 Å². The molecule has 1 aromatic rings. The summed E-state index contributed by atoms with van der Waals surface area (Å²) in [7, 11) is 1.39. The fourth-order valence-electron chi connectivity index (χ4n) is 4.02. The lowest BCUT2D eigenvalue weighted by Gasteiger charge is -2.23. The van der Waals surface area contributed by atoms with Crippen molar-refractivity contribution in [3.05, 3.63) is 17.7 Å². The number of carbonyl (C=O) groups is 2. The van der Waals surface area contributed by atoms with Crippen LogP contribution in [0.25, 0.3) is 0 Å². The van der Waals surface area contributed by atoms with Crippen molar-refractivity contribution in [2.75, 3.05) is 46.5 Å². The summed E-state index contributed by atoms with van der Waals surface area (Å²) in [5.74, 6) is 0.542. The third-order valence-electron chi connectivity index (χ3n) is 5.39. The van der Waals surface area contributed by atoms with Crippen LogP contribution in [0, 0.1) is 11.3 Å². The second-order valence-corrected chi connectivity index (χ2v) is 6.78. The normalized spacial score (nSPS) is 29.0. The van der Waals surface area contributed by atoms with Crippen LogP contribution in [0.2, 0.25) is 0 Å². The van der Waals surface area contributed by atoms with E-state index >= 15 is 0 Å². The molecular formula is C16H22N4O4. The number of esters is 1. The molecule has 0 radical (unpaired) electrons. The molecule has 130 valence electrons. The molecule has 3 aliphatic heterocycles. The van der Waals surface area contributed by atoms with Crippen molar-refractivity contribution in [3.63, 3.8) is 0 Å². The van der Waals surface area contributed by atoms with Gasteiger partial charge in [0.25, 0.3) is 5.91 Å². The van der Waals surface area contributed by atoms with E-state index in [9.17, 15) is 9.59 Å². The Morgan fingerprint density at radius 2 is 2.33 bits per heavy atom. The molecule has 0 aliphatic carbocycles. The lowest BCUT2D eigenvalue weighted by atomic mass is 9.81. The summed E-state index contributed by atoms with van der Waals surface area (Å²) in [4.78, 5) is 31.4. The molecule has 8 heteroatoms. The second-order valence-electron chi connectivity index (χ2n) is 6.78. The average Bonchev–Trinajstić information content (AvgIpc) is 3.22. The predicted molar refractivity (Wildman–Crippen MR) is 83.5 cm³/mol. The molecule has 3 aliphatic rings. The van der Waals surface area contributed by atoms with Crippen LogP contribution in [-0.2, 0) is 27.2 Å². The van der Waals surface area contributed by atoms with E-state index in [1.54, 1.807) is 4.90 Å². The number of nitrogens with zero attached hydrogens (tertiary/aromatic N) is 3. The van der Waals surface area contributed by atoms with Gasteiger partial charge in [0.05, 0.1) is 20.3 Å². The zero-order chi connectivity index (χ0) is 16.7. The van der Waals surface area contributed by atoms with Crippen molar-refractivity contribution in [2.24, 2.45) is 11.3 Å². The van der Waals surface area contributed by atoms with Crippen LogP contribution >= 0.6 is 0 Å². The first-order valence-electron chi connectivity index (χ1n) is 8.36. The Bertz CT molecular complexity index is 650. The van der Waals surface area contributed by atoms with Crippen molar-refractivity contribution < 1.29 is 19.1 Å². The highest BCUT2D eigenvalue weighted by atomic mass is 16.5. The summed E-state index contributed by atoms with van der Waals surface area (Å²) in [6.07, 6.45) is 2.65. The Morgan fingerprint density at radius 1 is 1.46 bits per heavy atom. The highest BCUT2D eigenvalue weighted by molar-refractivity contribution is 5.93. The van der Waals surface area contributed by atoms with Gasteiger partial charge < -0.3 is 24.3 Å². The molecule has 2 atom stereocenters. The third-order valence-corrected chi connectivity index (χ3v) is 5.39. The van der Waals surface area contributed by atoms with Gasteiger partial charge in [0.1, 0.15) is 16.9 Å². The number of rotatable bonds is 2. The molecule has 2 saturated heterocycles. The summed E-state index contributed by atoms with van der Waals surface area (Å²) < 4.78 is 12.5. The first-order valence-corrected chi connectivity index (χ1v) is 8.36. The molecule has 1 N–H and O–H groups in total. The van der Waals surface area contributed by atoms with E-state index in [4.69, 9.17) is 9.47 Å². The van der Waals surface area contributed by atoms with Gasteiger partial charge in [0.15, 0.2) is 0 Å². The Kier molecular flexibility index (Phi) is 3.80. The summed E-state index contributed by atoms with van der Waals surface area (Å²) in [5, 5.41) is 3.31. The first kappa shape index (κ1) is 15.6. The number of nitrogens with one attached hydrogen (secondary N) is 1. The van der Waals surface area contributed by atoms with E-state index in [-0.39, 0.29) is 17.8 Å². The van der Waals surface area contributed by atoms with E-state index in [0.29, 0.717) is 32.0 Å². The molecule has 4 rings (SSSR count). The number of amides is 1. The fraction of sp³-hybridized carbons (Fsp3) is 0.688. The SMILES string of the molecule is COC(=O)[C@@]12COC[C@@H]1CN(C(=O)c1cn3c(n1)CCNCC3)C2. The molecule has 1 amide bonds. The molecule has 4 heterocycles. The minimum atomic E-state index is -0.717. The number of hydrogen-bond donors (Lipinski definition) is 1. The van der Waals surface area contributed by atoms with Crippen molar-refractivity contribution in [2.45, 2.75) is 13.0 Å². The van der Waals surface area contributed by atoms with Crippen molar-refractivity contribution in [1.29, 1.82) is 0 Å². The number of imidazole rings is 1. The maximum Gasteiger partial charge on any atom is 0.316 e. The molecule has 0 saturated carbocycles. The van der Waals surface area contributed by atoms with Crippen LogP contribution in [0.3, 0.4) is 0 Å². The minimum absolute atomic E-state index is 0.00135. The molecule has 2 fully saturated rings. The molecule has 0 bridgehead atoms. The zero-order valence-corrected chi connectivity index (χ0v) is 13.8. The number of carbonyl (C=O) groups excluding carboxylic acids is 2. The number of ether oxygens (including phenoxy) is 2. The maximum absolute atomic E-state index is 12.9. The quantitative estimate of drug-likeness (QED) is 0.719. The molecule has 8 nitrogen and oxygen atoms in total. The van der Waals surface area contributed by atoms with E-state index in [1.165, 1.54) is 7.11 Å². The van der Waals surface area contributed by atoms with Gasteiger partial charge in [0.2, 0.25) is 0 Å². The van der Waals surface area contributed by atoms with Gasteiger partial charge in [-0.2, -0.15) is 0 Å². The predicted octanol–water partition coefficient (Wildman–Crippen LogP) is -0.710. The van der Waals surface area contributed by atoms with Gasteiger partial charge in [-0.1, -0.05) is 0 Å². The molecular weight excluding hydrogens is 312 g/mol. The number of likely N-dealkylation sites (tertiary alicyclic amines) is 1. The number of fused-ring (bicyclic) bond motifs is 2. The summed E-state index contributed by atoms with van der Waals surface area (Å²) >= 11 is 0. The highest BCUT2D eigenvalue weighted by Gasteiger charge is 2.57. The second kappa shape index (κ2) is 5.86. The minimum Gasteiger partial charge on any atom is -0.468 e. The Balaban J connectivity index is 1.55. The third kappa shape index (κ3) is 2.32. The molecule has 0 aromatic carbocycles. The van der Waals surface area contributed by atoms with Crippen molar-refractivity contribution in [3.8, 4) is 0 Å². The Hall–Kier alpha value is -1.93. The topological polar surface area (TPSA) is 85.7 Å². The monoisotopic (exact) mass is 334 g/mol. The number of hydrogen-bond acceptors (Lipinski definition) is 6. The molecule has 1 aromatic heterocycles. The van der Waals surface area contributed by atoms with E-state index in [0.717, 1.165) is 31.9 Å². The molecule has 24 heavy (non-hydrogen) atoms. The van der Waals surface area contributed by atoms with Crippen LogP contribution in [-0.4, -0.2) is 72.8 Å². The van der Waals surface area contributed by atoms with Gasteiger partial charge >= 0.3 is 5.97 Å². The summed E-state index contributed by atoms with van der Waals surface area (Å²) in [6.45, 7) is 4.23. The van der Waals surface area contributed by atoms with Crippen LogP contribution < -0.4 is 5.32 Å². The lowest BCUT2D eigenvalue weighted by Crippen LogP contribution is -2.41. The molecule has 0 spiro atoms. The van der Waals surface area contributed by atoms with Crippen LogP contribution in [0.4, 0.5) is 0 Å². The van der Waals surface area contributed by atoms with Gasteiger partial charge in [-0.3, -0.25) is 9.59 Å². The van der Waals surface area contributed by atoms with Crippen molar-refractivity contribution in [1.82, 2.24) is 19.8 Å². The van der Waals surface area contributed by atoms with Crippen LogP contribution in [0.5, 0.6) is 0 Å². The molecule has 0 unspecified atom stereocenters. The van der Waals surface area contributed by atoms with Gasteiger partial charge in [-0.05, 0) is 0 Å². The zero-order valence-electron chi connectivity index (χ0n) is 13.8. The van der Waals surface area contributed by atoms with E-state index in [1.807, 2.05) is 10.8 Å². The fourth-order valence-corrected chi connectivity index (χ4v) is 4.02. The largest absolute Gasteiger partial charge is 0.468 e. The Labute approximate surface area is 140 Å². The van der Waals surface area contributed by atoms with Gasteiger partial charge in [0, 0.05) is 51.3 Å². The van der Waals surface area contributed by atoms with Crippen LogP contribution in [0.15, 0.2) is 6.20 Å². The van der Waals surface area contributed by atoms with E-state index < -0.39 is 5.41 Å². The first-order chi connectivity index (χ1) is 11.6. The van der Waals surface area contributed by atoms with Gasteiger partial charge in [-0.25, -0.2) is 4.98 Å². The van der Waals surface area contributed by atoms with Crippen LogP contribution in [0.1, 0.15) is 16.3 Å². The summed E-state index contributed by atoms with van der Waals surface area (Å²) in [5.41, 5.74) is -0.252. The standard InChI is InChI=1S/C16H22N4O4/c1-23-15(22)16-9-20(6-11(16)8-24-10-16)14(21)12-7-19-5-4-17-3-2-13(19)18-12/h7,11,17H,2-6,8-10H2,1H3/t11-,16-/m0/s1. The number of methoxy groups -OCH3 is 1. The van der Waals surface area contributed by atoms with Crippen molar-refractivity contribution >= 4 is 11.9 Å². The summed E-state index contributed by atoms with van der Waals surface area (Å²) in [6, 6.07) is 0. The Morgan fingerprint density at radius 3 is 3.17 bits per heavy atom. The van der Waals surface area contributed by atoms with Gasteiger partial charge in [-0.15, -0.1) is 0 Å². The average molecular weight is 334 g/mol. The lowest BCUT2D eigenvalue weighted by molar-refractivity contribution is -0.153. The number of aromatic nitrogens is 2. The highest BCUT2D eigenvalue weighted by Crippen LogP contribution is 2.42.